The van der Waals surface area contributed by atoms with Crippen molar-refractivity contribution in [2.75, 3.05) is 0 Å². The Morgan fingerprint density at radius 1 is 0.800 bits per heavy atom. The van der Waals surface area contributed by atoms with Gasteiger partial charge in [0.15, 0.2) is 0 Å². The molecular formula is C31H52O4. The number of hydrogen-bond acceptors (Lipinski definition) is 4. The van der Waals surface area contributed by atoms with Gasteiger partial charge in [-0.1, -0.05) is 53.9 Å². The van der Waals surface area contributed by atoms with Gasteiger partial charge in [0.1, 0.15) is 12.2 Å². The summed E-state index contributed by atoms with van der Waals surface area (Å²) in [5.41, 5.74) is 0.597. The Morgan fingerprint density at radius 3 is 2.11 bits per heavy atom. The van der Waals surface area contributed by atoms with E-state index in [9.17, 15) is 9.59 Å². The van der Waals surface area contributed by atoms with Crippen molar-refractivity contribution in [2.45, 2.75) is 131 Å². The van der Waals surface area contributed by atoms with Gasteiger partial charge in [0.05, 0.1) is 0 Å². The van der Waals surface area contributed by atoms with Crippen LogP contribution in [0.4, 0.5) is 0 Å². The maximum atomic E-state index is 12.2. The second-order valence-corrected chi connectivity index (χ2v) is 13.9. The molecule has 4 saturated carbocycles. The summed E-state index contributed by atoms with van der Waals surface area (Å²) in [6.45, 7) is 15.4. The predicted molar refractivity (Wildman–Crippen MR) is 140 cm³/mol. The highest BCUT2D eigenvalue weighted by molar-refractivity contribution is 5.66. The summed E-state index contributed by atoms with van der Waals surface area (Å²) in [6, 6.07) is 0. The van der Waals surface area contributed by atoms with Crippen LogP contribution in [0.15, 0.2) is 0 Å². The van der Waals surface area contributed by atoms with Gasteiger partial charge >= 0.3 is 11.9 Å². The number of esters is 2. The molecule has 4 heteroatoms. The first-order chi connectivity index (χ1) is 16.5. The van der Waals surface area contributed by atoms with Crippen LogP contribution in [0.25, 0.3) is 0 Å². The fraction of sp³-hybridized carbons (Fsp3) is 0.935. The van der Waals surface area contributed by atoms with E-state index >= 15 is 0 Å². The number of ether oxygens (including phenoxy) is 2. The summed E-state index contributed by atoms with van der Waals surface area (Å²) in [5.74, 6) is 4.48. The second kappa shape index (κ2) is 10.4. The van der Waals surface area contributed by atoms with Crippen LogP contribution in [-0.4, -0.2) is 24.1 Å². The van der Waals surface area contributed by atoms with Crippen molar-refractivity contribution in [3.05, 3.63) is 0 Å². The Labute approximate surface area is 214 Å². The molecule has 0 bridgehead atoms. The van der Waals surface area contributed by atoms with Crippen LogP contribution in [0.1, 0.15) is 119 Å². The molecule has 4 rings (SSSR count). The Kier molecular flexibility index (Phi) is 7.99. The smallest absolute Gasteiger partial charge is 0.302 e. The fourth-order valence-corrected chi connectivity index (χ4v) is 9.94. The summed E-state index contributed by atoms with van der Waals surface area (Å²) >= 11 is 0. The molecule has 200 valence electrons. The zero-order valence-electron chi connectivity index (χ0n) is 23.6. The van der Waals surface area contributed by atoms with Gasteiger partial charge in [0.25, 0.3) is 0 Å². The molecule has 10 unspecified atom stereocenters. The Hall–Kier alpha value is -1.06. The minimum Gasteiger partial charge on any atom is -0.463 e. The molecule has 0 aromatic rings. The predicted octanol–water partition coefficient (Wildman–Crippen LogP) is 7.58. The molecule has 4 aliphatic carbocycles. The number of carbonyl (C=O) groups is 2. The highest BCUT2D eigenvalue weighted by Gasteiger charge is 2.63. The number of fused-ring (bicyclic) bond motifs is 5. The molecule has 0 radical (unpaired) electrons. The topological polar surface area (TPSA) is 52.6 Å². The van der Waals surface area contributed by atoms with Crippen molar-refractivity contribution in [1.82, 2.24) is 0 Å². The third-order valence-corrected chi connectivity index (χ3v) is 11.5. The number of carbonyl (C=O) groups excluding carboxylic acids is 2. The highest BCUT2D eigenvalue weighted by atomic mass is 16.5. The molecule has 35 heavy (non-hydrogen) atoms. The lowest BCUT2D eigenvalue weighted by molar-refractivity contribution is -0.197. The standard InChI is InChI=1S/C31H52O4/c1-19(2)9-8-10-20(3)25-11-12-26-24-18-29(35-22(5)33)28-17-23(34-21(4)32)13-15-31(28,7)27(24)14-16-30(25,26)6/h19-20,23-29H,8-18H2,1-7H3. The first-order valence-electron chi connectivity index (χ1n) is 14.8. The first kappa shape index (κ1) is 27.0. The van der Waals surface area contributed by atoms with Gasteiger partial charge in [-0.3, -0.25) is 9.59 Å². The molecule has 0 heterocycles. The van der Waals surface area contributed by atoms with Crippen molar-refractivity contribution in [1.29, 1.82) is 0 Å². The van der Waals surface area contributed by atoms with Gasteiger partial charge < -0.3 is 9.47 Å². The zero-order chi connectivity index (χ0) is 25.5. The van der Waals surface area contributed by atoms with Gasteiger partial charge in [0.2, 0.25) is 0 Å². The van der Waals surface area contributed by atoms with E-state index in [0.717, 1.165) is 49.4 Å². The summed E-state index contributed by atoms with van der Waals surface area (Å²) in [5, 5.41) is 0. The normalized spacial score (nSPS) is 43.6. The Bertz CT molecular complexity index is 776. The van der Waals surface area contributed by atoms with E-state index in [1.54, 1.807) is 6.92 Å². The first-order valence-corrected chi connectivity index (χ1v) is 14.8. The number of rotatable bonds is 7. The molecule has 0 aromatic carbocycles. The van der Waals surface area contributed by atoms with Gasteiger partial charge in [0, 0.05) is 19.8 Å². The molecule has 10 atom stereocenters. The monoisotopic (exact) mass is 488 g/mol. The van der Waals surface area contributed by atoms with E-state index in [2.05, 4.69) is 34.6 Å². The summed E-state index contributed by atoms with van der Waals surface area (Å²) in [4.78, 5) is 23.9. The van der Waals surface area contributed by atoms with Crippen molar-refractivity contribution >= 4 is 11.9 Å². The third kappa shape index (κ3) is 5.19. The third-order valence-electron chi connectivity index (χ3n) is 11.5. The average Bonchev–Trinajstić information content (AvgIpc) is 3.11. The minimum atomic E-state index is -0.190. The lowest BCUT2D eigenvalue weighted by Gasteiger charge is -2.62. The van der Waals surface area contributed by atoms with E-state index in [-0.39, 0.29) is 29.6 Å². The molecular weight excluding hydrogens is 436 g/mol. The molecule has 0 aromatic heterocycles. The van der Waals surface area contributed by atoms with Crippen LogP contribution >= 0.6 is 0 Å². The molecule has 4 fully saturated rings. The van der Waals surface area contributed by atoms with Crippen molar-refractivity contribution in [3.8, 4) is 0 Å². The highest BCUT2D eigenvalue weighted by Crippen LogP contribution is 2.68. The van der Waals surface area contributed by atoms with E-state index in [0.29, 0.717) is 23.2 Å². The zero-order valence-corrected chi connectivity index (χ0v) is 23.6. The van der Waals surface area contributed by atoms with Crippen LogP contribution in [0.3, 0.4) is 0 Å². The van der Waals surface area contributed by atoms with E-state index in [1.807, 2.05) is 0 Å². The van der Waals surface area contributed by atoms with Gasteiger partial charge in [-0.05, 0) is 97.7 Å². The Morgan fingerprint density at radius 2 is 1.46 bits per heavy atom. The quantitative estimate of drug-likeness (QED) is 0.347. The van der Waals surface area contributed by atoms with Gasteiger partial charge in [-0.15, -0.1) is 0 Å². The minimum absolute atomic E-state index is 0.0309. The molecule has 0 amide bonds. The summed E-state index contributed by atoms with van der Waals surface area (Å²) < 4.78 is 11.7. The van der Waals surface area contributed by atoms with Crippen LogP contribution in [0.5, 0.6) is 0 Å². The average molecular weight is 489 g/mol. The lowest BCUT2D eigenvalue weighted by Crippen LogP contribution is -2.59. The Balaban J connectivity index is 1.54. The van der Waals surface area contributed by atoms with E-state index < -0.39 is 0 Å². The lowest BCUT2D eigenvalue weighted by atomic mass is 9.43. The van der Waals surface area contributed by atoms with E-state index in [4.69, 9.17) is 9.47 Å². The molecule has 0 aliphatic heterocycles. The maximum Gasteiger partial charge on any atom is 0.302 e. The summed E-state index contributed by atoms with van der Waals surface area (Å²) in [7, 11) is 0. The second-order valence-electron chi connectivity index (χ2n) is 13.9. The van der Waals surface area contributed by atoms with Crippen LogP contribution < -0.4 is 0 Å². The molecule has 4 aliphatic rings. The van der Waals surface area contributed by atoms with Crippen LogP contribution in [0, 0.1) is 52.3 Å². The van der Waals surface area contributed by atoms with Crippen molar-refractivity contribution in [2.24, 2.45) is 52.3 Å². The largest absolute Gasteiger partial charge is 0.463 e. The van der Waals surface area contributed by atoms with E-state index in [1.165, 1.54) is 51.9 Å². The maximum absolute atomic E-state index is 12.2. The van der Waals surface area contributed by atoms with Gasteiger partial charge in [-0.25, -0.2) is 0 Å². The molecule has 0 N–H and O–H groups in total. The molecule has 0 saturated heterocycles. The number of hydrogen-bond donors (Lipinski definition) is 0. The van der Waals surface area contributed by atoms with Crippen molar-refractivity contribution < 1.29 is 19.1 Å². The molecule has 0 spiro atoms. The summed E-state index contributed by atoms with van der Waals surface area (Å²) in [6.07, 6.45) is 13.3. The van der Waals surface area contributed by atoms with Gasteiger partial charge in [-0.2, -0.15) is 0 Å². The molecule has 4 nitrogen and oxygen atoms in total. The SMILES string of the molecule is CC(=O)OC1CCC2(C)C(C1)C(OC(C)=O)CC1C3CCC(C(C)CCCC(C)C)C3(C)CCC12. The van der Waals surface area contributed by atoms with Crippen molar-refractivity contribution in [3.63, 3.8) is 0 Å². The van der Waals surface area contributed by atoms with Crippen LogP contribution in [0.2, 0.25) is 0 Å². The van der Waals surface area contributed by atoms with Crippen LogP contribution in [-0.2, 0) is 19.1 Å². The fourth-order valence-electron chi connectivity index (χ4n) is 9.94.